The highest BCUT2D eigenvalue weighted by Gasteiger charge is 2.14. The van der Waals surface area contributed by atoms with Crippen molar-refractivity contribution in [3.05, 3.63) is 0 Å². The van der Waals surface area contributed by atoms with Crippen LogP contribution in [-0.2, 0) is 20.6 Å². The van der Waals surface area contributed by atoms with Crippen molar-refractivity contribution < 1.29 is 20.6 Å². The largest absolute Gasteiger partial charge is 0.425 e. The first-order chi connectivity index (χ1) is 10.4. The summed E-state index contributed by atoms with van der Waals surface area (Å²) in [7, 11) is -4.69. The molecule has 0 aromatic rings. The van der Waals surface area contributed by atoms with Crippen molar-refractivity contribution in [2.75, 3.05) is 0 Å². The fraction of sp³-hybridized carbons (Fsp3) is 1.00. The second-order valence-corrected chi connectivity index (χ2v) is 15.4. The molecule has 0 saturated carbocycles. The Labute approximate surface area is 140 Å². The zero-order valence-electron chi connectivity index (χ0n) is 13.5. The van der Waals surface area contributed by atoms with Gasteiger partial charge in [-0.3, -0.25) is 0 Å². The Morgan fingerprint density at radius 3 is 1.67 bits per heavy atom. The zero-order chi connectivity index (χ0) is 15.0. The quantitative estimate of drug-likeness (QED) is 0.386. The van der Waals surface area contributed by atoms with Gasteiger partial charge in [-0.15, -0.1) is 0 Å². The van der Waals surface area contributed by atoms with Crippen LogP contribution >= 0.6 is 0 Å². The molecular weight excluding hydrogens is 353 g/mol. The molecule has 0 amide bonds. The zero-order valence-corrected chi connectivity index (χ0v) is 20.3. The fourth-order valence-electron chi connectivity index (χ4n) is 2.30. The van der Waals surface area contributed by atoms with E-state index >= 15 is 0 Å². The lowest BCUT2D eigenvalue weighted by atomic mass is 10.1. The maximum absolute atomic E-state index is 5.85. The average Bonchev–Trinajstić information content (AvgIpc) is 2.51. The molecule has 0 aromatic carbocycles. The summed E-state index contributed by atoms with van der Waals surface area (Å²) >= 11 is 0. The minimum Gasteiger partial charge on any atom is -0.425 e. The standard InChI is InChI=1S/C11H32O5Si5/c1-2-3-4-5-6-7-8-9-10-11-21-15-19-13-17-12-18-14-20-16-21/h21H,2-11,17-20H2,1H3. The highest BCUT2D eigenvalue weighted by atomic mass is 28.4. The van der Waals surface area contributed by atoms with Crippen LogP contribution < -0.4 is 0 Å². The molecular formula is C11H32O5Si5. The van der Waals surface area contributed by atoms with Crippen molar-refractivity contribution in [3.63, 3.8) is 0 Å². The normalized spacial score (nSPS) is 25.9. The Bertz CT molecular complexity index is 217. The third kappa shape index (κ3) is 13.1. The van der Waals surface area contributed by atoms with Crippen LogP contribution in [0.3, 0.4) is 0 Å². The van der Waals surface area contributed by atoms with Crippen molar-refractivity contribution >= 4 is 49.3 Å². The first-order valence-corrected chi connectivity index (χ1v) is 14.8. The Morgan fingerprint density at radius 2 is 1.10 bits per heavy atom. The molecule has 1 saturated heterocycles. The van der Waals surface area contributed by atoms with Gasteiger partial charge in [-0.25, -0.2) is 0 Å². The lowest BCUT2D eigenvalue weighted by Gasteiger charge is -2.19. The number of hydrogen-bond acceptors (Lipinski definition) is 5. The fourth-order valence-corrected chi connectivity index (χ4v) is 13.1. The highest BCUT2D eigenvalue weighted by Crippen LogP contribution is 2.12. The molecule has 126 valence electrons. The van der Waals surface area contributed by atoms with E-state index in [1.54, 1.807) is 0 Å². The van der Waals surface area contributed by atoms with Gasteiger partial charge in [0.2, 0.25) is 0 Å². The summed E-state index contributed by atoms with van der Waals surface area (Å²) in [5.41, 5.74) is 0. The number of rotatable bonds is 10. The van der Waals surface area contributed by atoms with Crippen LogP contribution in [0.2, 0.25) is 6.04 Å². The van der Waals surface area contributed by atoms with Crippen LogP contribution in [0.1, 0.15) is 64.7 Å². The molecule has 0 bridgehead atoms. The van der Waals surface area contributed by atoms with E-state index in [0.717, 1.165) is 6.04 Å². The third-order valence-corrected chi connectivity index (χ3v) is 12.5. The number of unbranched alkanes of at least 4 members (excludes halogenated alkanes) is 8. The first kappa shape index (κ1) is 19.9. The number of hydrogen-bond donors (Lipinski definition) is 0. The van der Waals surface area contributed by atoms with Crippen molar-refractivity contribution in [1.82, 2.24) is 0 Å². The third-order valence-electron chi connectivity index (χ3n) is 3.55. The molecule has 0 unspecified atom stereocenters. The van der Waals surface area contributed by atoms with E-state index in [1.165, 1.54) is 57.8 Å². The van der Waals surface area contributed by atoms with Gasteiger partial charge in [-0.1, -0.05) is 64.7 Å². The molecule has 0 radical (unpaired) electrons. The van der Waals surface area contributed by atoms with Gasteiger partial charge >= 0.3 is 9.28 Å². The van der Waals surface area contributed by atoms with Crippen LogP contribution in [0.4, 0.5) is 0 Å². The smallest absolute Gasteiger partial charge is 0.303 e. The van der Waals surface area contributed by atoms with Crippen molar-refractivity contribution in [2.45, 2.75) is 70.8 Å². The topological polar surface area (TPSA) is 46.2 Å². The van der Waals surface area contributed by atoms with Gasteiger partial charge < -0.3 is 20.6 Å². The first-order valence-electron chi connectivity index (χ1n) is 8.40. The van der Waals surface area contributed by atoms with Crippen molar-refractivity contribution in [1.29, 1.82) is 0 Å². The van der Waals surface area contributed by atoms with Gasteiger partial charge in [0.25, 0.3) is 40.0 Å². The van der Waals surface area contributed by atoms with Gasteiger partial charge in [0.05, 0.1) is 0 Å². The summed E-state index contributed by atoms with van der Waals surface area (Å²) in [4.78, 5) is 0. The highest BCUT2D eigenvalue weighted by molar-refractivity contribution is 6.59. The molecule has 0 aromatic heterocycles. The molecule has 0 atom stereocenters. The molecule has 0 N–H and O–H groups in total. The summed E-state index contributed by atoms with van der Waals surface area (Å²) < 4.78 is 28.0. The molecule has 1 aliphatic heterocycles. The van der Waals surface area contributed by atoms with Gasteiger partial charge in [0.1, 0.15) is 0 Å². The molecule has 0 spiro atoms. The van der Waals surface area contributed by atoms with E-state index in [4.69, 9.17) is 20.6 Å². The van der Waals surface area contributed by atoms with Gasteiger partial charge in [-0.05, 0) is 6.04 Å². The minimum atomic E-state index is -1.46. The van der Waals surface area contributed by atoms with Gasteiger partial charge in [0.15, 0.2) is 0 Å². The Balaban J connectivity index is 1.92. The maximum atomic E-state index is 5.85. The maximum Gasteiger partial charge on any atom is 0.303 e. The lowest BCUT2D eigenvalue weighted by molar-refractivity contribution is 0.330. The monoisotopic (exact) mass is 384 g/mol. The van der Waals surface area contributed by atoms with E-state index in [0.29, 0.717) is 0 Å². The molecule has 0 aliphatic carbocycles. The lowest BCUT2D eigenvalue weighted by Crippen LogP contribution is -2.32. The molecule has 1 aliphatic rings. The Kier molecular flexibility index (Phi) is 15.0. The van der Waals surface area contributed by atoms with E-state index in [1.807, 2.05) is 0 Å². The van der Waals surface area contributed by atoms with E-state index < -0.39 is 49.3 Å². The molecule has 10 heteroatoms. The van der Waals surface area contributed by atoms with Crippen LogP contribution in [0.25, 0.3) is 0 Å². The summed E-state index contributed by atoms with van der Waals surface area (Å²) in [6.45, 7) is 2.27. The van der Waals surface area contributed by atoms with Crippen molar-refractivity contribution in [3.8, 4) is 0 Å². The van der Waals surface area contributed by atoms with Crippen molar-refractivity contribution in [2.24, 2.45) is 0 Å². The van der Waals surface area contributed by atoms with Gasteiger partial charge in [-0.2, -0.15) is 0 Å². The summed E-state index contributed by atoms with van der Waals surface area (Å²) in [6, 6.07) is 1.13. The Hall–Kier alpha value is 0.884. The van der Waals surface area contributed by atoms with E-state index in [9.17, 15) is 0 Å². The predicted molar refractivity (Wildman–Crippen MR) is 98.8 cm³/mol. The van der Waals surface area contributed by atoms with Crippen LogP contribution in [-0.4, -0.2) is 49.3 Å². The summed E-state index contributed by atoms with van der Waals surface area (Å²) in [6.07, 6.45) is 12.3. The van der Waals surface area contributed by atoms with Crippen LogP contribution in [0.5, 0.6) is 0 Å². The average molecular weight is 385 g/mol. The van der Waals surface area contributed by atoms with Gasteiger partial charge in [0, 0.05) is 0 Å². The molecule has 1 rings (SSSR count). The van der Waals surface area contributed by atoms with Crippen LogP contribution in [0.15, 0.2) is 0 Å². The molecule has 5 nitrogen and oxygen atoms in total. The summed E-state index contributed by atoms with van der Waals surface area (Å²) in [5.74, 6) is 0. The Morgan fingerprint density at radius 1 is 0.619 bits per heavy atom. The van der Waals surface area contributed by atoms with E-state index in [-0.39, 0.29) is 0 Å². The minimum absolute atomic E-state index is 0.786. The summed E-state index contributed by atoms with van der Waals surface area (Å²) in [5, 5.41) is 0. The predicted octanol–water partition coefficient (Wildman–Crippen LogP) is -0.171. The second kappa shape index (κ2) is 15.8. The molecule has 21 heavy (non-hydrogen) atoms. The van der Waals surface area contributed by atoms with E-state index in [2.05, 4.69) is 6.92 Å². The second-order valence-electron chi connectivity index (χ2n) is 5.46. The van der Waals surface area contributed by atoms with Crippen LogP contribution in [0, 0.1) is 0 Å². The molecule has 1 heterocycles. The SMILES string of the molecule is CCCCCCCCCCC[SiH]1O[SiH2]O[SiH2]O[SiH2]O[SiH2]O1. The molecule has 1 fully saturated rings.